The van der Waals surface area contributed by atoms with Crippen LogP contribution in [0.15, 0.2) is 72.8 Å². The highest BCUT2D eigenvalue weighted by Crippen LogP contribution is 2.44. The van der Waals surface area contributed by atoms with E-state index in [9.17, 15) is 72.9 Å². The molecule has 0 atom stereocenters. The van der Waals surface area contributed by atoms with Crippen LogP contribution < -0.4 is 0 Å². The minimum Gasteiger partial charge on any atom is -0.258 e. The molecular weight excluding hydrogens is 656 g/mol. The molecule has 18 heteroatoms. The number of benzene rings is 4. The first-order valence-corrected chi connectivity index (χ1v) is 12.1. The highest BCUT2D eigenvalue weighted by Gasteiger charge is 2.39. The molecule has 4 aromatic carbocycles. The third kappa shape index (κ3) is 7.05. The summed E-state index contributed by atoms with van der Waals surface area (Å²) in [6.45, 7) is 0. The second kappa shape index (κ2) is 11.3. The van der Waals surface area contributed by atoms with E-state index >= 15 is 0 Å². The van der Waals surface area contributed by atoms with E-state index in [1.165, 1.54) is 0 Å². The number of hydrogen-bond donors (Lipinski definition) is 0. The molecule has 4 aromatic rings. The molecule has 0 bridgehead atoms. The Morgan fingerprint density at radius 3 is 0.870 bits per heavy atom. The highest BCUT2D eigenvalue weighted by atomic mass is 19.4. The second-order valence-corrected chi connectivity index (χ2v) is 9.57. The van der Waals surface area contributed by atoms with Gasteiger partial charge in [0.15, 0.2) is 0 Å². The van der Waals surface area contributed by atoms with Crippen LogP contribution in [0.5, 0.6) is 0 Å². The van der Waals surface area contributed by atoms with E-state index in [0.29, 0.717) is 36.4 Å². The lowest BCUT2D eigenvalue weighted by molar-refractivity contribution is -0.386. The average molecular weight is 668 g/mol. The smallest absolute Gasteiger partial charge is 0.258 e. The Bertz CT molecular complexity index is 1660. The van der Waals surface area contributed by atoms with E-state index in [4.69, 9.17) is 0 Å². The van der Waals surface area contributed by atoms with Crippen LogP contribution in [0.1, 0.15) is 22.3 Å². The molecule has 0 saturated heterocycles. The summed E-state index contributed by atoms with van der Waals surface area (Å²) < 4.78 is 160. The van der Waals surface area contributed by atoms with Crippen molar-refractivity contribution in [3.8, 4) is 33.4 Å². The first-order valence-electron chi connectivity index (χ1n) is 12.1. The number of nitro groups is 2. The molecule has 0 aliphatic carbocycles. The van der Waals surface area contributed by atoms with Crippen molar-refractivity contribution < 1.29 is 62.5 Å². The summed E-state index contributed by atoms with van der Waals surface area (Å²) in [5.74, 6) is 0. The van der Waals surface area contributed by atoms with Gasteiger partial charge in [-0.05, 0) is 70.8 Å². The number of rotatable bonds is 5. The fourth-order valence-corrected chi connectivity index (χ4v) is 4.42. The molecule has 4 rings (SSSR count). The van der Waals surface area contributed by atoms with Crippen LogP contribution >= 0.6 is 0 Å². The maximum atomic E-state index is 13.3. The zero-order chi connectivity index (χ0) is 34.6. The monoisotopic (exact) mass is 668 g/mol. The van der Waals surface area contributed by atoms with Crippen molar-refractivity contribution in [2.75, 3.05) is 0 Å². The van der Waals surface area contributed by atoms with Gasteiger partial charge in [-0.15, -0.1) is 0 Å². The largest absolute Gasteiger partial charge is 0.416 e. The predicted molar refractivity (Wildman–Crippen MR) is 136 cm³/mol. The van der Waals surface area contributed by atoms with Crippen LogP contribution in [0.2, 0.25) is 0 Å². The zero-order valence-electron chi connectivity index (χ0n) is 22.0. The van der Waals surface area contributed by atoms with E-state index in [0.717, 1.165) is 24.3 Å². The average Bonchev–Trinajstić information content (AvgIpc) is 2.94. The summed E-state index contributed by atoms with van der Waals surface area (Å²) >= 11 is 0. The summed E-state index contributed by atoms with van der Waals surface area (Å²) in [4.78, 5) is 21.6. The summed E-state index contributed by atoms with van der Waals surface area (Å²) in [6.07, 6.45) is -21.0. The fraction of sp³-hybridized carbons (Fsp3) is 0.143. The van der Waals surface area contributed by atoms with Gasteiger partial charge >= 0.3 is 24.7 Å². The van der Waals surface area contributed by atoms with Crippen LogP contribution in [0.4, 0.5) is 64.1 Å². The standard InChI is InChI=1S/C28H12F12N2O4/c29-25(30,31)17-5-15(6-18(11-17)26(32,33)34)13-1-3-21(23(9-13)41(43)44)22-4-2-14(10-24(22)42(45)46)16-7-19(27(35,36)37)12-20(8-16)28(38,39)40/h1-12H. The van der Waals surface area contributed by atoms with Gasteiger partial charge in [-0.3, -0.25) is 20.2 Å². The van der Waals surface area contributed by atoms with Gasteiger partial charge in [0.1, 0.15) is 0 Å². The van der Waals surface area contributed by atoms with E-state index in [1.807, 2.05) is 0 Å². The van der Waals surface area contributed by atoms with Gasteiger partial charge in [0.25, 0.3) is 11.4 Å². The van der Waals surface area contributed by atoms with Gasteiger partial charge in [-0.2, -0.15) is 52.7 Å². The molecule has 0 N–H and O–H groups in total. The molecule has 0 fully saturated rings. The third-order valence-electron chi connectivity index (χ3n) is 6.52. The van der Waals surface area contributed by atoms with Gasteiger partial charge in [0.2, 0.25) is 0 Å². The molecule has 0 aliphatic rings. The maximum Gasteiger partial charge on any atom is 0.416 e. The Hall–Kier alpha value is -5.16. The van der Waals surface area contributed by atoms with E-state index in [-0.39, 0.29) is 12.1 Å². The van der Waals surface area contributed by atoms with Gasteiger partial charge in [0.05, 0.1) is 43.2 Å². The lowest BCUT2D eigenvalue weighted by atomic mass is 9.93. The highest BCUT2D eigenvalue weighted by molar-refractivity contribution is 5.86. The minimum atomic E-state index is -5.25. The molecule has 0 aromatic heterocycles. The molecule has 0 saturated carbocycles. The topological polar surface area (TPSA) is 86.3 Å². The molecular formula is C28H12F12N2O4. The first-order chi connectivity index (χ1) is 21.0. The Morgan fingerprint density at radius 1 is 0.391 bits per heavy atom. The number of alkyl halides is 12. The Kier molecular flexibility index (Phi) is 8.31. The molecule has 0 spiro atoms. The summed E-state index contributed by atoms with van der Waals surface area (Å²) in [6, 6.07) is 5.25. The third-order valence-corrected chi connectivity index (χ3v) is 6.52. The second-order valence-electron chi connectivity index (χ2n) is 9.57. The van der Waals surface area contributed by atoms with Gasteiger partial charge in [0, 0.05) is 12.1 Å². The van der Waals surface area contributed by atoms with E-state index in [1.54, 1.807) is 0 Å². The number of nitrogens with zero attached hydrogens (tertiary/aromatic N) is 2. The molecule has 0 radical (unpaired) electrons. The van der Waals surface area contributed by atoms with Crippen molar-refractivity contribution >= 4 is 11.4 Å². The van der Waals surface area contributed by atoms with Crippen molar-refractivity contribution in [1.82, 2.24) is 0 Å². The van der Waals surface area contributed by atoms with Crippen LogP contribution in [-0.4, -0.2) is 9.85 Å². The van der Waals surface area contributed by atoms with Crippen molar-refractivity contribution in [3.63, 3.8) is 0 Å². The molecule has 0 aliphatic heterocycles. The maximum absolute atomic E-state index is 13.3. The van der Waals surface area contributed by atoms with Crippen molar-refractivity contribution in [2.24, 2.45) is 0 Å². The van der Waals surface area contributed by atoms with Gasteiger partial charge in [-0.1, -0.05) is 12.1 Å². The van der Waals surface area contributed by atoms with Crippen molar-refractivity contribution in [1.29, 1.82) is 0 Å². The molecule has 242 valence electrons. The van der Waals surface area contributed by atoms with E-state index < -0.39 is 102 Å². The molecule has 6 nitrogen and oxygen atoms in total. The summed E-state index contributed by atoms with van der Waals surface area (Å²) in [5.41, 5.74) is -12.7. The first kappa shape index (κ1) is 33.7. The van der Waals surface area contributed by atoms with E-state index in [2.05, 4.69) is 0 Å². The lowest BCUT2D eigenvalue weighted by Gasteiger charge is -2.15. The van der Waals surface area contributed by atoms with Crippen LogP contribution in [0, 0.1) is 20.2 Å². The van der Waals surface area contributed by atoms with Crippen molar-refractivity contribution in [2.45, 2.75) is 24.7 Å². The molecule has 0 unspecified atom stereocenters. The number of halogens is 12. The normalized spacial score (nSPS) is 12.7. The minimum absolute atomic E-state index is 0.167. The van der Waals surface area contributed by atoms with Crippen LogP contribution in [-0.2, 0) is 24.7 Å². The Balaban J connectivity index is 1.91. The van der Waals surface area contributed by atoms with Crippen LogP contribution in [0.3, 0.4) is 0 Å². The fourth-order valence-electron chi connectivity index (χ4n) is 4.42. The predicted octanol–water partition coefficient (Wildman–Crippen LogP) is 10.6. The Morgan fingerprint density at radius 2 is 0.652 bits per heavy atom. The Labute approximate surface area is 247 Å². The molecule has 0 amide bonds. The summed E-state index contributed by atoms with van der Waals surface area (Å²) in [7, 11) is 0. The van der Waals surface area contributed by atoms with Crippen LogP contribution in [0.25, 0.3) is 33.4 Å². The number of nitro benzene ring substituents is 2. The summed E-state index contributed by atoms with van der Waals surface area (Å²) in [5, 5.41) is 23.9. The quantitative estimate of drug-likeness (QED) is 0.120. The zero-order valence-corrected chi connectivity index (χ0v) is 22.0. The van der Waals surface area contributed by atoms with Gasteiger partial charge in [-0.25, -0.2) is 0 Å². The number of hydrogen-bond acceptors (Lipinski definition) is 4. The van der Waals surface area contributed by atoms with Crippen molar-refractivity contribution in [3.05, 3.63) is 115 Å². The lowest BCUT2D eigenvalue weighted by Crippen LogP contribution is -2.11. The van der Waals surface area contributed by atoms with Gasteiger partial charge < -0.3 is 0 Å². The molecule has 46 heavy (non-hydrogen) atoms. The molecule has 0 heterocycles. The SMILES string of the molecule is O=[N+]([O-])c1cc(-c2cc(C(F)(F)F)cc(C(F)(F)F)c2)ccc1-c1ccc(-c2cc(C(F)(F)F)cc(C(F)(F)F)c2)cc1[N+](=O)[O-].